The molecule has 0 aliphatic carbocycles. The molecule has 1 amide bonds. The van der Waals surface area contributed by atoms with Crippen molar-refractivity contribution in [2.24, 2.45) is 5.10 Å². The second-order valence-electron chi connectivity index (χ2n) is 8.05. The number of thioether (sulfide) groups is 1. The molecule has 0 spiro atoms. The molecule has 0 saturated heterocycles. The zero-order valence-electron chi connectivity index (χ0n) is 19.6. The van der Waals surface area contributed by atoms with E-state index in [1.807, 2.05) is 62.4 Å². The summed E-state index contributed by atoms with van der Waals surface area (Å²) in [4.78, 5) is 15.6. The molecule has 4 aromatic carbocycles. The Kier molecular flexibility index (Phi) is 8.40. The van der Waals surface area contributed by atoms with Crippen molar-refractivity contribution >= 4 is 56.9 Å². The Bertz CT molecular complexity index is 1270. The predicted octanol–water partition coefficient (Wildman–Crippen LogP) is 7.78. The monoisotopic (exact) mass is 543 g/mol. The minimum absolute atomic E-state index is 0.137. The quantitative estimate of drug-likeness (QED) is 0.140. The van der Waals surface area contributed by atoms with Crippen molar-refractivity contribution in [1.29, 1.82) is 0 Å². The molecule has 35 heavy (non-hydrogen) atoms. The number of para-hydroxylation sites is 2. The van der Waals surface area contributed by atoms with Gasteiger partial charge in [0.15, 0.2) is 0 Å². The van der Waals surface area contributed by atoms with Crippen LogP contribution >= 0.6 is 27.7 Å². The molecule has 4 aromatic rings. The molecule has 4 nitrogen and oxygen atoms in total. The van der Waals surface area contributed by atoms with E-state index in [-0.39, 0.29) is 5.91 Å². The van der Waals surface area contributed by atoms with Gasteiger partial charge in [-0.25, -0.2) is 5.43 Å². The highest BCUT2D eigenvalue weighted by atomic mass is 79.9. The van der Waals surface area contributed by atoms with Crippen molar-refractivity contribution < 1.29 is 4.79 Å². The van der Waals surface area contributed by atoms with Gasteiger partial charge in [0, 0.05) is 26.4 Å². The molecule has 1 N–H and O–H groups in total. The van der Waals surface area contributed by atoms with E-state index in [2.05, 4.69) is 79.9 Å². The van der Waals surface area contributed by atoms with E-state index in [1.54, 1.807) is 6.21 Å². The first kappa shape index (κ1) is 24.8. The normalized spacial score (nSPS) is 10.9. The number of nitrogens with one attached hydrogen (secondary N) is 1. The molecule has 0 atom stereocenters. The van der Waals surface area contributed by atoms with Gasteiger partial charge in [-0.05, 0) is 79.1 Å². The first-order valence-electron chi connectivity index (χ1n) is 11.2. The van der Waals surface area contributed by atoms with Gasteiger partial charge in [-0.1, -0.05) is 64.5 Å². The minimum atomic E-state index is -0.137. The number of aryl methyl sites for hydroxylation is 2. The SMILES string of the molecule is Cc1cc(SCC(=O)N/N=C\c2ccc(N(c3ccccc3)c3ccccc3)cc2)c(C)cc1Br. The molecular weight excluding hydrogens is 518 g/mol. The van der Waals surface area contributed by atoms with E-state index in [1.165, 1.54) is 11.8 Å². The van der Waals surface area contributed by atoms with Gasteiger partial charge in [-0.2, -0.15) is 5.10 Å². The molecule has 0 bridgehead atoms. The van der Waals surface area contributed by atoms with Gasteiger partial charge in [0.05, 0.1) is 12.0 Å². The molecule has 0 aliphatic heterocycles. The number of nitrogens with zero attached hydrogens (tertiary/aromatic N) is 2. The molecule has 0 aromatic heterocycles. The Labute approximate surface area is 219 Å². The van der Waals surface area contributed by atoms with Crippen LogP contribution in [0.5, 0.6) is 0 Å². The van der Waals surface area contributed by atoms with Crippen LogP contribution < -0.4 is 10.3 Å². The first-order chi connectivity index (χ1) is 17.0. The van der Waals surface area contributed by atoms with E-state index in [0.29, 0.717) is 5.75 Å². The van der Waals surface area contributed by atoms with Gasteiger partial charge in [0.1, 0.15) is 0 Å². The third kappa shape index (κ3) is 6.62. The fraction of sp³-hybridized carbons (Fsp3) is 0.103. The molecule has 176 valence electrons. The summed E-state index contributed by atoms with van der Waals surface area (Å²) in [5, 5.41) is 4.14. The van der Waals surface area contributed by atoms with Crippen LogP contribution in [0.3, 0.4) is 0 Å². The van der Waals surface area contributed by atoms with E-state index in [4.69, 9.17) is 0 Å². The van der Waals surface area contributed by atoms with E-state index < -0.39 is 0 Å². The van der Waals surface area contributed by atoms with Crippen LogP contribution in [0.1, 0.15) is 16.7 Å². The second-order valence-corrected chi connectivity index (χ2v) is 9.92. The Morgan fingerprint density at radius 1 is 0.857 bits per heavy atom. The van der Waals surface area contributed by atoms with Crippen LogP contribution in [0, 0.1) is 13.8 Å². The molecule has 0 radical (unpaired) electrons. The molecule has 0 aliphatic rings. The third-order valence-electron chi connectivity index (χ3n) is 5.40. The number of amides is 1. The zero-order valence-corrected chi connectivity index (χ0v) is 22.0. The molecule has 0 fully saturated rings. The van der Waals surface area contributed by atoms with Crippen LogP contribution in [0.25, 0.3) is 0 Å². The van der Waals surface area contributed by atoms with Gasteiger partial charge in [-0.3, -0.25) is 4.79 Å². The third-order valence-corrected chi connectivity index (χ3v) is 7.41. The topological polar surface area (TPSA) is 44.7 Å². The molecule has 0 saturated carbocycles. The fourth-order valence-electron chi connectivity index (χ4n) is 3.58. The number of carbonyl (C=O) groups excluding carboxylic acids is 1. The summed E-state index contributed by atoms with van der Waals surface area (Å²) in [6.45, 7) is 4.09. The van der Waals surface area contributed by atoms with Gasteiger partial charge < -0.3 is 4.90 Å². The van der Waals surface area contributed by atoms with Crippen molar-refractivity contribution in [3.8, 4) is 0 Å². The summed E-state index contributed by atoms with van der Waals surface area (Å²) < 4.78 is 1.08. The molecule has 4 rings (SSSR count). The summed E-state index contributed by atoms with van der Waals surface area (Å²) in [6.07, 6.45) is 1.66. The Morgan fingerprint density at radius 2 is 1.43 bits per heavy atom. The van der Waals surface area contributed by atoms with Crippen LogP contribution in [0.4, 0.5) is 17.1 Å². The smallest absolute Gasteiger partial charge is 0.250 e. The van der Waals surface area contributed by atoms with Gasteiger partial charge >= 0.3 is 0 Å². The maximum atomic E-state index is 12.3. The largest absolute Gasteiger partial charge is 0.311 e. The van der Waals surface area contributed by atoms with Crippen molar-refractivity contribution in [2.45, 2.75) is 18.7 Å². The lowest BCUT2D eigenvalue weighted by Gasteiger charge is -2.25. The van der Waals surface area contributed by atoms with Gasteiger partial charge in [0.2, 0.25) is 5.91 Å². The van der Waals surface area contributed by atoms with Crippen LogP contribution in [-0.4, -0.2) is 17.9 Å². The first-order valence-corrected chi connectivity index (χ1v) is 13.0. The summed E-state index contributed by atoms with van der Waals surface area (Å²) in [5.41, 5.74) is 9.03. The summed E-state index contributed by atoms with van der Waals surface area (Å²) in [7, 11) is 0. The second kappa shape index (κ2) is 11.9. The van der Waals surface area contributed by atoms with Crippen LogP contribution in [0.2, 0.25) is 0 Å². The lowest BCUT2D eigenvalue weighted by Crippen LogP contribution is -2.19. The van der Waals surface area contributed by atoms with E-state index in [0.717, 1.165) is 43.1 Å². The van der Waals surface area contributed by atoms with Crippen molar-refractivity contribution in [3.05, 3.63) is 118 Å². The number of halogens is 1. The standard InChI is InChI=1S/C29H26BrN3OS/c1-21-18-28(22(2)17-27(21)30)35-20-29(34)32-31-19-23-13-15-26(16-14-23)33(24-9-5-3-6-10-24)25-11-7-4-8-12-25/h3-19H,20H2,1-2H3,(H,32,34)/b31-19-. The molecular formula is C29H26BrN3OS. The van der Waals surface area contributed by atoms with Gasteiger partial charge in [-0.15, -0.1) is 11.8 Å². The average molecular weight is 545 g/mol. The average Bonchev–Trinajstić information content (AvgIpc) is 2.88. The highest BCUT2D eigenvalue weighted by Gasteiger charge is 2.11. The molecule has 0 heterocycles. The van der Waals surface area contributed by atoms with Crippen molar-refractivity contribution in [3.63, 3.8) is 0 Å². The van der Waals surface area contributed by atoms with Crippen LogP contribution in [0.15, 0.2) is 112 Å². The Morgan fingerprint density at radius 3 is 2.03 bits per heavy atom. The van der Waals surface area contributed by atoms with Crippen molar-refractivity contribution in [2.75, 3.05) is 10.7 Å². The van der Waals surface area contributed by atoms with Crippen LogP contribution in [-0.2, 0) is 4.79 Å². The number of hydrazone groups is 1. The number of rotatable bonds is 8. The van der Waals surface area contributed by atoms with Gasteiger partial charge in [0.25, 0.3) is 0 Å². The Balaban J connectivity index is 1.39. The summed E-state index contributed by atoms with van der Waals surface area (Å²) in [5.74, 6) is 0.170. The number of anilines is 3. The highest BCUT2D eigenvalue weighted by Crippen LogP contribution is 2.34. The Hall–Kier alpha value is -3.35. The van der Waals surface area contributed by atoms with E-state index in [9.17, 15) is 4.79 Å². The number of hydrogen-bond donors (Lipinski definition) is 1. The minimum Gasteiger partial charge on any atom is -0.311 e. The predicted molar refractivity (Wildman–Crippen MR) is 151 cm³/mol. The zero-order chi connectivity index (χ0) is 24.6. The summed E-state index contributed by atoms with van der Waals surface area (Å²) in [6, 6.07) is 32.8. The highest BCUT2D eigenvalue weighted by molar-refractivity contribution is 9.10. The molecule has 0 unspecified atom stereocenters. The number of benzene rings is 4. The number of hydrogen-bond acceptors (Lipinski definition) is 4. The lowest BCUT2D eigenvalue weighted by atomic mass is 10.1. The maximum absolute atomic E-state index is 12.3. The number of carbonyl (C=O) groups is 1. The van der Waals surface area contributed by atoms with E-state index >= 15 is 0 Å². The fourth-order valence-corrected chi connectivity index (χ4v) is 4.93. The van der Waals surface area contributed by atoms with Crippen molar-refractivity contribution in [1.82, 2.24) is 5.43 Å². The lowest BCUT2D eigenvalue weighted by molar-refractivity contribution is -0.118. The molecule has 6 heteroatoms. The summed E-state index contributed by atoms with van der Waals surface area (Å²) >= 11 is 5.06. The maximum Gasteiger partial charge on any atom is 0.250 e.